The predicted octanol–water partition coefficient (Wildman–Crippen LogP) is 2.23. The molecule has 8 nitrogen and oxygen atoms in total. The highest BCUT2D eigenvalue weighted by Gasteiger charge is 2.28. The molecule has 0 radical (unpaired) electrons. The maximum Gasteiger partial charge on any atom is 0.319 e. The van der Waals surface area contributed by atoms with Crippen LogP contribution in [0.1, 0.15) is 38.5 Å². The van der Waals surface area contributed by atoms with Gasteiger partial charge in [-0.15, -0.1) is 0 Å². The van der Waals surface area contributed by atoms with Crippen molar-refractivity contribution in [2.45, 2.75) is 44.6 Å². The van der Waals surface area contributed by atoms with Crippen LogP contribution < -0.4 is 21.3 Å². The fourth-order valence-electron chi connectivity index (χ4n) is 3.00. The fraction of sp³-hybridized carbons (Fsp3) is 0.550. The molecule has 1 aliphatic carbocycles. The molecule has 8 heteroatoms. The molecule has 1 unspecified atom stereocenters. The number of carbonyl (C=O) groups excluding carboxylic acids is 3. The van der Waals surface area contributed by atoms with E-state index in [2.05, 4.69) is 21.3 Å². The molecular formula is C20H28N4O4. The lowest BCUT2D eigenvalue weighted by Crippen LogP contribution is -2.35. The summed E-state index contributed by atoms with van der Waals surface area (Å²) in [4.78, 5) is 35.4. The van der Waals surface area contributed by atoms with Crippen molar-refractivity contribution in [1.82, 2.24) is 10.6 Å². The number of rotatable bonds is 9. The highest BCUT2D eigenvalue weighted by Crippen LogP contribution is 2.28. The maximum absolute atomic E-state index is 12.0. The van der Waals surface area contributed by atoms with E-state index >= 15 is 0 Å². The summed E-state index contributed by atoms with van der Waals surface area (Å²) in [7, 11) is 0. The minimum atomic E-state index is -0.277. The average Bonchev–Trinajstić information content (AvgIpc) is 3.41. The van der Waals surface area contributed by atoms with E-state index in [1.165, 1.54) is 0 Å². The highest BCUT2D eigenvalue weighted by atomic mass is 16.5. The van der Waals surface area contributed by atoms with E-state index in [1.54, 1.807) is 24.3 Å². The Morgan fingerprint density at radius 3 is 2.32 bits per heavy atom. The van der Waals surface area contributed by atoms with Crippen LogP contribution in [0.3, 0.4) is 0 Å². The number of amides is 4. The van der Waals surface area contributed by atoms with E-state index in [-0.39, 0.29) is 29.9 Å². The zero-order valence-corrected chi connectivity index (χ0v) is 16.0. The van der Waals surface area contributed by atoms with Crippen molar-refractivity contribution in [2.75, 3.05) is 30.3 Å². The number of urea groups is 1. The smallest absolute Gasteiger partial charge is 0.319 e. The number of anilines is 2. The number of carbonyl (C=O) groups is 3. The van der Waals surface area contributed by atoms with E-state index in [4.69, 9.17) is 4.74 Å². The largest absolute Gasteiger partial charge is 0.376 e. The third-order valence-electron chi connectivity index (χ3n) is 4.77. The van der Waals surface area contributed by atoms with Gasteiger partial charge >= 0.3 is 6.03 Å². The molecule has 4 amide bonds. The molecule has 1 aliphatic heterocycles. The fourth-order valence-corrected chi connectivity index (χ4v) is 3.00. The molecule has 0 aromatic heterocycles. The topological polar surface area (TPSA) is 109 Å². The van der Waals surface area contributed by atoms with Crippen LogP contribution in [0.15, 0.2) is 24.3 Å². The Morgan fingerprint density at radius 1 is 0.964 bits per heavy atom. The second-order valence-corrected chi connectivity index (χ2v) is 7.26. The predicted molar refractivity (Wildman–Crippen MR) is 106 cm³/mol. The van der Waals surface area contributed by atoms with Gasteiger partial charge in [-0.05, 0) is 56.4 Å². The van der Waals surface area contributed by atoms with Crippen LogP contribution >= 0.6 is 0 Å². The molecule has 1 saturated heterocycles. The van der Waals surface area contributed by atoms with Crippen LogP contribution in [-0.2, 0) is 14.3 Å². The summed E-state index contributed by atoms with van der Waals surface area (Å²) in [6.07, 6.45) is 5.02. The van der Waals surface area contributed by atoms with Crippen molar-refractivity contribution in [1.29, 1.82) is 0 Å². The standard InChI is InChI=1S/C20H28N4O4/c25-18(4-1-11-21-19(26)14-5-6-14)23-15-7-9-16(10-8-15)24-20(27)22-13-17-3-2-12-28-17/h7-10,14,17H,1-6,11-13H2,(H,21,26)(H,23,25)(H2,22,24,27). The van der Waals surface area contributed by atoms with Gasteiger partial charge in [0.15, 0.2) is 0 Å². The van der Waals surface area contributed by atoms with Gasteiger partial charge in [-0.1, -0.05) is 0 Å². The van der Waals surface area contributed by atoms with Crippen LogP contribution in [0.4, 0.5) is 16.2 Å². The van der Waals surface area contributed by atoms with Gasteiger partial charge in [0.25, 0.3) is 0 Å². The SMILES string of the molecule is O=C(CCCNC(=O)C1CC1)Nc1ccc(NC(=O)NCC2CCCO2)cc1. The van der Waals surface area contributed by atoms with E-state index in [1.807, 2.05) is 0 Å². The van der Waals surface area contributed by atoms with Gasteiger partial charge < -0.3 is 26.0 Å². The Bertz CT molecular complexity index is 682. The summed E-state index contributed by atoms with van der Waals surface area (Å²) in [6, 6.07) is 6.67. The Balaban J connectivity index is 1.31. The van der Waals surface area contributed by atoms with Gasteiger partial charge in [0.2, 0.25) is 11.8 Å². The van der Waals surface area contributed by atoms with Crippen molar-refractivity contribution in [2.24, 2.45) is 5.92 Å². The third-order valence-corrected chi connectivity index (χ3v) is 4.77. The normalized spacial score (nSPS) is 18.4. The van der Waals surface area contributed by atoms with E-state index in [0.717, 1.165) is 32.3 Å². The van der Waals surface area contributed by atoms with Crippen molar-refractivity contribution in [3.05, 3.63) is 24.3 Å². The van der Waals surface area contributed by atoms with Crippen molar-refractivity contribution in [3.8, 4) is 0 Å². The van der Waals surface area contributed by atoms with Gasteiger partial charge in [-0.3, -0.25) is 9.59 Å². The Kier molecular flexibility index (Phi) is 7.25. The van der Waals surface area contributed by atoms with Crippen LogP contribution in [0, 0.1) is 5.92 Å². The van der Waals surface area contributed by atoms with Crippen LogP contribution in [-0.4, -0.2) is 43.6 Å². The quantitative estimate of drug-likeness (QED) is 0.487. The average molecular weight is 388 g/mol. The number of benzene rings is 1. The molecule has 1 atom stereocenters. The molecule has 152 valence electrons. The minimum absolute atomic E-state index is 0.100. The molecule has 0 spiro atoms. The molecule has 0 bridgehead atoms. The van der Waals surface area contributed by atoms with E-state index < -0.39 is 0 Å². The zero-order valence-electron chi connectivity index (χ0n) is 16.0. The van der Waals surface area contributed by atoms with Crippen molar-refractivity contribution < 1.29 is 19.1 Å². The molecule has 1 aromatic rings. The molecule has 2 fully saturated rings. The van der Waals surface area contributed by atoms with Crippen molar-refractivity contribution in [3.63, 3.8) is 0 Å². The number of hydrogen-bond acceptors (Lipinski definition) is 4. The van der Waals surface area contributed by atoms with Crippen molar-refractivity contribution >= 4 is 29.2 Å². The summed E-state index contributed by atoms with van der Waals surface area (Å²) >= 11 is 0. The zero-order chi connectivity index (χ0) is 19.8. The van der Waals surface area contributed by atoms with Gasteiger partial charge in [0.1, 0.15) is 0 Å². The van der Waals surface area contributed by atoms with Crippen LogP contribution in [0.25, 0.3) is 0 Å². The van der Waals surface area contributed by atoms with Crippen LogP contribution in [0.5, 0.6) is 0 Å². The first-order valence-corrected chi connectivity index (χ1v) is 9.94. The summed E-state index contributed by atoms with van der Waals surface area (Å²) in [5.74, 6) is 0.193. The minimum Gasteiger partial charge on any atom is -0.376 e. The van der Waals surface area contributed by atoms with E-state index in [9.17, 15) is 14.4 Å². The van der Waals surface area contributed by atoms with Gasteiger partial charge in [-0.25, -0.2) is 4.79 Å². The monoisotopic (exact) mass is 388 g/mol. The molecule has 1 heterocycles. The molecule has 4 N–H and O–H groups in total. The molecule has 1 saturated carbocycles. The molecular weight excluding hydrogens is 360 g/mol. The second-order valence-electron chi connectivity index (χ2n) is 7.26. The first-order chi connectivity index (χ1) is 13.6. The highest BCUT2D eigenvalue weighted by molar-refractivity contribution is 5.92. The first kappa shape index (κ1) is 20.1. The molecule has 3 rings (SSSR count). The number of hydrogen-bond donors (Lipinski definition) is 4. The van der Waals surface area contributed by atoms with Gasteiger partial charge in [-0.2, -0.15) is 0 Å². The summed E-state index contributed by atoms with van der Waals surface area (Å²) in [5, 5.41) is 11.2. The summed E-state index contributed by atoms with van der Waals surface area (Å²) in [5.41, 5.74) is 1.31. The molecule has 28 heavy (non-hydrogen) atoms. The van der Waals surface area contributed by atoms with E-state index in [0.29, 0.717) is 37.3 Å². The lowest BCUT2D eigenvalue weighted by atomic mass is 10.2. The van der Waals surface area contributed by atoms with Crippen LogP contribution in [0.2, 0.25) is 0 Å². The molecule has 2 aliphatic rings. The molecule has 1 aromatic carbocycles. The lowest BCUT2D eigenvalue weighted by Gasteiger charge is -2.12. The Hall–Kier alpha value is -2.61. The summed E-state index contributed by atoms with van der Waals surface area (Å²) < 4.78 is 5.46. The second kappa shape index (κ2) is 10.1. The maximum atomic E-state index is 12.0. The third kappa shape index (κ3) is 6.84. The Morgan fingerprint density at radius 2 is 1.68 bits per heavy atom. The number of nitrogens with one attached hydrogen (secondary N) is 4. The number of ether oxygens (including phenoxy) is 1. The lowest BCUT2D eigenvalue weighted by molar-refractivity contribution is -0.122. The first-order valence-electron chi connectivity index (χ1n) is 9.94. The van der Waals surface area contributed by atoms with Gasteiger partial charge in [0, 0.05) is 43.4 Å². The van der Waals surface area contributed by atoms with Gasteiger partial charge in [0.05, 0.1) is 6.10 Å². The Labute approximate surface area is 164 Å². The summed E-state index contributed by atoms with van der Waals surface area (Å²) in [6.45, 7) is 1.78.